The van der Waals surface area contributed by atoms with Crippen molar-refractivity contribution >= 4 is 13.7 Å². The molecule has 0 aromatic heterocycles. The minimum Gasteiger partial charge on any atom is -0.387 e. The van der Waals surface area contributed by atoms with Crippen molar-refractivity contribution in [3.63, 3.8) is 0 Å². The van der Waals surface area contributed by atoms with Crippen molar-refractivity contribution in [3.8, 4) is 0 Å². The molecule has 38 heavy (non-hydrogen) atoms. The molecule has 0 fully saturated rings. The Morgan fingerprint density at radius 2 is 1.16 bits per heavy atom. The second kappa shape index (κ2) is 26.5. The number of hydrogen-bond donors (Lipinski definition) is 4. The molecule has 0 saturated heterocycles. The first-order valence-electron chi connectivity index (χ1n) is 15.6. The van der Waals surface area contributed by atoms with Crippen LogP contribution in [0.5, 0.6) is 0 Å². The fourth-order valence-electron chi connectivity index (χ4n) is 4.57. The molecule has 2 atom stereocenters. The summed E-state index contributed by atoms with van der Waals surface area (Å²) < 4.78 is 15.7. The normalized spacial score (nSPS) is 13.7. The third kappa shape index (κ3) is 26.9. The van der Waals surface area contributed by atoms with Crippen molar-refractivity contribution in [1.29, 1.82) is 0 Å². The number of phosphoric acid groups is 1. The van der Waals surface area contributed by atoms with Crippen molar-refractivity contribution in [3.05, 3.63) is 12.2 Å². The van der Waals surface area contributed by atoms with Crippen LogP contribution in [0.4, 0.5) is 0 Å². The summed E-state index contributed by atoms with van der Waals surface area (Å²) in [6, 6.07) is -0.901. The van der Waals surface area contributed by atoms with Gasteiger partial charge in [0.05, 0.1) is 18.8 Å². The number of hydrogen-bond acceptors (Lipinski definition) is 4. The molecule has 0 rings (SSSR count). The van der Waals surface area contributed by atoms with E-state index in [4.69, 9.17) is 9.79 Å². The molecule has 1 amide bonds. The minimum absolute atomic E-state index is 0.230. The Morgan fingerprint density at radius 3 is 1.61 bits per heavy atom. The van der Waals surface area contributed by atoms with Crippen LogP contribution < -0.4 is 5.32 Å². The van der Waals surface area contributed by atoms with Gasteiger partial charge in [-0.15, -0.1) is 0 Å². The van der Waals surface area contributed by atoms with Gasteiger partial charge in [-0.25, -0.2) is 4.57 Å². The van der Waals surface area contributed by atoms with Crippen molar-refractivity contribution in [2.24, 2.45) is 0 Å². The highest BCUT2D eigenvalue weighted by Gasteiger charge is 2.24. The first kappa shape index (κ1) is 37.3. The first-order valence-corrected chi connectivity index (χ1v) is 17.2. The molecule has 0 saturated carbocycles. The van der Waals surface area contributed by atoms with Crippen LogP contribution in [0.3, 0.4) is 0 Å². The van der Waals surface area contributed by atoms with Gasteiger partial charge in [-0.05, 0) is 19.3 Å². The largest absolute Gasteiger partial charge is 0.469 e. The molecule has 0 spiro atoms. The van der Waals surface area contributed by atoms with Gasteiger partial charge in [-0.1, -0.05) is 142 Å². The number of allylic oxidation sites excluding steroid dienone is 1. The van der Waals surface area contributed by atoms with Crippen LogP contribution in [-0.2, 0) is 13.9 Å². The van der Waals surface area contributed by atoms with E-state index < -0.39 is 26.6 Å². The topological polar surface area (TPSA) is 116 Å². The van der Waals surface area contributed by atoms with Crippen LogP contribution in [0.1, 0.15) is 155 Å². The van der Waals surface area contributed by atoms with Crippen LogP contribution >= 0.6 is 7.82 Å². The molecule has 0 radical (unpaired) electrons. The van der Waals surface area contributed by atoms with Crippen molar-refractivity contribution < 1.29 is 28.8 Å². The number of nitrogens with one attached hydrogen (secondary N) is 1. The molecule has 0 heterocycles. The summed E-state index contributed by atoms with van der Waals surface area (Å²) in [6.45, 7) is 4.01. The monoisotopic (exact) mass is 561 g/mol. The number of aliphatic hydroxyl groups is 1. The predicted octanol–water partition coefficient (Wildman–Crippen LogP) is 8.12. The zero-order chi connectivity index (χ0) is 28.3. The fourth-order valence-corrected chi connectivity index (χ4v) is 4.93. The van der Waals surface area contributed by atoms with Crippen molar-refractivity contribution in [2.75, 3.05) is 6.61 Å². The lowest BCUT2D eigenvalue weighted by Crippen LogP contribution is -2.45. The highest BCUT2D eigenvalue weighted by molar-refractivity contribution is 7.46. The van der Waals surface area contributed by atoms with E-state index in [1.54, 1.807) is 6.08 Å². The number of rotatable bonds is 28. The van der Waals surface area contributed by atoms with Gasteiger partial charge in [0.25, 0.3) is 0 Å². The number of carbonyl (C=O) groups excluding carboxylic acids is 1. The van der Waals surface area contributed by atoms with Gasteiger partial charge >= 0.3 is 7.82 Å². The summed E-state index contributed by atoms with van der Waals surface area (Å²) in [7, 11) is -4.69. The van der Waals surface area contributed by atoms with Gasteiger partial charge in [0.2, 0.25) is 5.91 Å². The van der Waals surface area contributed by atoms with Crippen LogP contribution in [0.15, 0.2) is 12.2 Å². The molecule has 4 N–H and O–H groups in total. The Hall–Kier alpha value is -0.720. The van der Waals surface area contributed by atoms with E-state index in [9.17, 15) is 14.5 Å². The molecular formula is C30H60NO6P. The second-order valence-corrected chi connectivity index (χ2v) is 12.0. The zero-order valence-corrected chi connectivity index (χ0v) is 25.5. The summed E-state index contributed by atoms with van der Waals surface area (Å²) in [5.74, 6) is -0.230. The van der Waals surface area contributed by atoms with E-state index in [-0.39, 0.29) is 5.91 Å². The Balaban J connectivity index is 4.16. The molecule has 0 aromatic carbocycles. The molecule has 0 aliphatic heterocycles. The Bertz CT molecular complexity index is 610. The summed E-state index contributed by atoms with van der Waals surface area (Å²) in [5, 5.41) is 13.2. The van der Waals surface area contributed by atoms with Gasteiger partial charge in [0, 0.05) is 6.42 Å². The van der Waals surface area contributed by atoms with E-state index in [0.717, 1.165) is 38.5 Å². The predicted molar refractivity (Wildman–Crippen MR) is 158 cm³/mol. The average Bonchev–Trinajstić information content (AvgIpc) is 2.87. The van der Waals surface area contributed by atoms with E-state index in [1.165, 1.54) is 96.3 Å². The third-order valence-corrected chi connectivity index (χ3v) is 7.48. The number of amides is 1. The second-order valence-electron chi connectivity index (χ2n) is 10.8. The van der Waals surface area contributed by atoms with Gasteiger partial charge in [-0.2, -0.15) is 0 Å². The van der Waals surface area contributed by atoms with E-state index in [0.29, 0.717) is 6.42 Å². The number of unbranched alkanes of at least 4 members (excludes halogenated alkanes) is 19. The molecule has 7 nitrogen and oxygen atoms in total. The fraction of sp³-hybridized carbons (Fsp3) is 0.900. The van der Waals surface area contributed by atoms with Gasteiger partial charge in [0.1, 0.15) is 0 Å². The third-order valence-electron chi connectivity index (χ3n) is 7.00. The van der Waals surface area contributed by atoms with Gasteiger partial charge in [0.15, 0.2) is 0 Å². The number of carbonyl (C=O) groups is 1. The lowest BCUT2D eigenvalue weighted by Gasteiger charge is -2.22. The number of phosphoric ester groups is 1. The lowest BCUT2D eigenvalue weighted by molar-refractivity contribution is -0.123. The maximum atomic E-state index is 12.4. The summed E-state index contributed by atoms with van der Waals surface area (Å²) >= 11 is 0. The Labute approximate surface area is 233 Å². The van der Waals surface area contributed by atoms with Crippen molar-refractivity contribution in [2.45, 2.75) is 167 Å². The van der Waals surface area contributed by atoms with Crippen LogP contribution in [0.25, 0.3) is 0 Å². The number of aliphatic hydroxyl groups excluding tert-OH is 1. The smallest absolute Gasteiger partial charge is 0.387 e. The SMILES string of the molecule is CCCCCCCCCCC/C=C/[C@@H](O)[C@H](COP(=O)(O)O)NC(=O)CCCCCCCCCCCCC. The molecule has 226 valence electrons. The standard InChI is InChI=1S/C30H60NO6P/c1-3-5-7-9-11-13-15-17-19-21-23-25-29(32)28(27-37-38(34,35)36)31-30(33)26-24-22-20-18-16-14-12-10-8-6-4-2/h23,25,28-29,32H,3-22,24,26-27H2,1-2H3,(H,31,33)(H2,34,35,36)/b25-23+/t28-,29+/m0/s1. The molecular weight excluding hydrogens is 501 g/mol. The van der Waals surface area contributed by atoms with Gasteiger partial charge in [-0.3, -0.25) is 9.32 Å². The van der Waals surface area contributed by atoms with Crippen molar-refractivity contribution in [1.82, 2.24) is 5.32 Å². The van der Waals surface area contributed by atoms with E-state index >= 15 is 0 Å². The quantitative estimate of drug-likeness (QED) is 0.0435. The average molecular weight is 562 g/mol. The first-order chi connectivity index (χ1) is 18.3. The highest BCUT2D eigenvalue weighted by atomic mass is 31.2. The summed E-state index contributed by atoms with van der Waals surface area (Å²) in [6.07, 6.45) is 28.0. The minimum atomic E-state index is -4.69. The lowest BCUT2D eigenvalue weighted by atomic mass is 10.0. The molecule has 0 bridgehead atoms. The zero-order valence-electron chi connectivity index (χ0n) is 24.6. The molecule has 0 aliphatic rings. The van der Waals surface area contributed by atoms with Crippen LogP contribution in [-0.4, -0.2) is 39.6 Å². The molecule has 0 aliphatic carbocycles. The highest BCUT2D eigenvalue weighted by Crippen LogP contribution is 2.35. The van der Waals surface area contributed by atoms with Crippen LogP contribution in [0.2, 0.25) is 0 Å². The Morgan fingerprint density at radius 1 is 0.737 bits per heavy atom. The van der Waals surface area contributed by atoms with E-state index in [2.05, 4.69) is 23.7 Å². The van der Waals surface area contributed by atoms with Crippen LogP contribution in [0, 0.1) is 0 Å². The summed E-state index contributed by atoms with van der Waals surface area (Å²) in [5.41, 5.74) is 0. The summed E-state index contributed by atoms with van der Waals surface area (Å²) in [4.78, 5) is 30.5. The maximum absolute atomic E-state index is 12.4. The molecule has 0 unspecified atom stereocenters. The molecule has 0 aromatic rings. The van der Waals surface area contributed by atoms with Gasteiger partial charge < -0.3 is 20.2 Å². The Kier molecular flexibility index (Phi) is 26.0. The maximum Gasteiger partial charge on any atom is 0.469 e. The molecule has 8 heteroatoms. The van der Waals surface area contributed by atoms with E-state index in [1.807, 2.05) is 6.08 Å².